The van der Waals surface area contributed by atoms with Crippen LogP contribution in [-0.2, 0) is 4.79 Å². The van der Waals surface area contributed by atoms with Gasteiger partial charge in [0.25, 0.3) is 0 Å². The lowest BCUT2D eigenvalue weighted by Crippen LogP contribution is -2.24. The van der Waals surface area contributed by atoms with Crippen LogP contribution in [-0.4, -0.2) is 24.4 Å². The topological polar surface area (TPSA) is 20.3 Å². The molecular formula is C18H37NO. The van der Waals surface area contributed by atoms with Gasteiger partial charge in [-0.15, -0.1) is 0 Å². The molecule has 0 saturated heterocycles. The number of nitrogens with zero attached hydrogens (tertiary/aromatic N) is 1. The molecule has 0 aromatic heterocycles. The molecule has 0 unspecified atom stereocenters. The van der Waals surface area contributed by atoms with Crippen molar-refractivity contribution in [2.75, 3.05) is 13.1 Å². The number of carbonyl (C=O) groups excluding carboxylic acids is 1. The molecule has 0 spiro atoms. The van der Waals surface area contributed by atoms with E-state index in [-0.39, 0.29) is 0 Å². The van der Waals surface area contributed by atoms with Gasteiger partial charge in [0, 0.05) is 13.1 Å². The third kappa shape index (κ3) is 13.9. The van der Waals surface area contributed by atoms with Crippen LogP contribution < -0.4 is 0 Å². The molecule has 0 aliphatic rings. The van der Waals surface area contributed by atoms with Gasteiger partial charge in [-0.05, 0) is 12.8 Å². The van der Waals surface area contributed by atoms with Crippen LogP contribution in [0.3, 0.4) is 0 Å². The van der Waals surface area contributed by atoms with E-state index in [2.05, 4.69) is 13.8 Å². The first-order valence-corrected chi connectivity index (χ1v) is 9.04. The SMILES string of the molecule is CCCCCCCCCN(C=O)CCCCCCCC. The summed E-state index contributed by atoms with van der Waals surface area (Å²) < 4.78 is 0. The summed E-state index contributed by atoms with van der Waals surface area (Å²) in [5.74, 6) is 0. The normalized spacial score (nSPS) is 10.7. The summed E-state index contributed by atoms with van der Waals surface area (Å²) in [6.45, 7) is 6.43. The molecule has 0 saturated carbocycles. The number of hydrogen-bond acceptors (Lipinski definition) is 1. The van der Waals surface area contributed by atoms with E-state index >= 15 is 0 Å². The van der Waals surface area contributed by atoms with Crippen molar-refractivity contribution < 1.29 is 4.79 Å². The van der Waals surface area contributed by atoms with Crippen molar-refractivity contribution >= 4 is 6.41 Å². The first-order chi connectivity index (χ1) is 9.85. The number of amides is 1. The van der Waals surface area contributed by atoms with Gasteiger partial charge in [0.15, 0.2) is 0 Å². The molecule has 0 radical (unpaired) electrons. The van der Waals surface area contributed by atoms with Gasteiger partial charge in [-0.25, -0.2) is 0 Å². The Morgan fingerprint density at radius 2 is 0.950 bits per heavy atom. The summed E-state index contributed by atoms with van der Waals surface area (Å²) in [4.78, 5) is 13.0. The van der Waals surface area contributed by atoms with Crippen molar-refractivity contribution in [3.05, 3.63) is 0 Å². The highest BCUT2D eigenvalue weighted by atomic mass is 16.1. The first kappa shape index (κ1) is 19.5. The van der Waals surface area contributed by atoms with Crippen LogP contribution in [0.4, 0.5) is 0 Å². The molecular weight excluding hydrogens is 246 g/mol. The fraction of sp³-hybridized carbons (Fsp3) is 0.944. The third-order valence-corrected chi connectivity index (χ3v) is 4.00. The molecule has 20 heavy (non-hydrogen) atoms. The van der Waals surface area contributed by atoms with Crippen molar-refractivity contribution in [3.63, 3.8) is 0 Å². The number of unbranched alkanes of at least 4 members (excludes halogenated alkanes) is 11. The molecule has 1 amide bonds. The van der Waals surface area contributed by atoms with Crippen LogP contribution in [0.1, 0.15) is 97.3 Å². The minimum atomic E-state index is 0.964. The zero-order valence-electron chi connectivity index (χ0n) is 14.0. The van der Waals surface area contributed by atoms with Crippen LogP contribution in [0.5, 0.6) is 0 Å². The average molecular weight is 284 g/mol. The van der Waals surface area contributed by atoms with Gasteiger partial charge >= 0.3 is 0 Å². The Morgan fingerprint density at radius 1 is 0.600 bits per heavy atom. The van der Waals surface area contributed by atoms with Crippen LogP contribution >= 0.6 is 0 Å². The maximum Gasteiger partial charge on any atom is 0.209 e. The molecule has 0 aliphatic heterocycles. The maximum atomic E-state index is 11.0. The van der Waals surface area contributed by atoms with Gasteiger partial charge in [0.1, 0.15) is 0 Å². The summed E-state index contributed by atoms with van der Waals surface area (Å²) >= 11 is 0. The molecule has 0 aromatic rings. The van der Waals surface area contributed by atoms with Gasteiger partial charge in [0.05, 0.1) is 0 Å². The lowest BCUT2D eigenvalue weighted by molar-refractivity contribution is -0.118. The summed E-state index contributed by atoms with van der Waals surface area (Å²) in [5.41, 5.74) is 0. The lowest BCUT2D eigenvalue weighted by Gasteiger charge is -2.17. The summed E-state index contributed by atoms with van der Waals surface area (Å²) in [5, 5.41) is 0. The van der Waals surface area contributed by atoms with Gasteiger partial charge in [-0.1, -0.05) is 84.5 Å². The molecule has 0 N–H and O–H groups in total. The predicted molar refractivity (Wildman–Crippen MR) is 89.0 cm³/mol. The maximum absolute atomic E-state index is 11.0. The Labute approximate surface area is 127 Å². The molecule has 0 heterocycles. The molecule has 120 valence electrons. The Bertz CT molecular complexity index is 194. The van der Waals surface area contributed by atoms with Crippen molar-refractivity contribution in [3.8, 4) is 0 Å². The minimum Gasteiger partial charge on any atom is -0.345 e. The van der Waals surface area contributed by atoms with E-state index < -0.39 is 0 Å². The Morgan fingerprint density at radius 3 is 1.30 bits per heavy atom. The van der Waals surface area contributed by atoms with Crippen molar-refractivity contribution in [1.82, 2.24) is 4.90 Å². The zero-order valence-corrected chi connectivity index (χ0v) is 14.0. The molecule has 2 nitrogen and oxygen atoms in total. The minimum absolute atomic E-state index is 0.964. The number of hydrogen-bond donors (Lipinski definition) is 0. The van der Waals surface area contributed by atoms with E-state index in [4.69, 9.17) is 0 Å². The Kier molecular flexibility index (Phi) is 16.1. The Balaban J connectivity index is 3.31. The van der Waals surface area contributed by atoms with Gasteiger partial charge in [0.2, 0.25) is 6.41 Å². The van der Waals surface area contributed by atoms with Crippen LogP contribution in [0.15, 0.2) is 0 Å². The van der Waals surface area contributed by atoms with Gasteiger partial charge < -0.3 is 4.90 Å². The molecule has 0 rings (SSSR count). The fourth-order valence-electron chi connectivity index (χ4n) is 2.58. The van der Waals surface area contributed by atoms with Crippen molar-refractivity contribution in [2.24, 2.45) is 0 Å². The molecule has 2 heteroatoms. The third-order valence-electron chi connectivity index (χ3n) is 4.00. The molecule has 0 atom stereocenters. The second-order valence-electron chi connectivity index (χ2n) is 6.03. The summed E-state index contributed by atoms with van der Waals surface area (Å²) in [6.07, 6.45) is 18.1. The number of carbonyl (C=O) groups is 1. The summed E-state index contributed by atoms with van der Waals surface area (Å²) in [6, 6.07) is 0. The predicted octanol–water partition coefficient (Wildman–Crippen LogP) is 5.56. The molecule has 0 bridgehead atoms. The van der Waals surface area contributed by atoms with Crippen molar-refractivity contribution in [1.29, 1.82) is 0 Å². The lowest BCUT2D eigenvalue weighted by atomic mass is 10.1. The van der Waals surface area contributed by atoms with E-state index in [1.165, 1.54) is 83.5 Å². The smallest absolute Gasteiger partial charge is 0.209 e. The van der Waals surface area contributed by atoms with E-state index in [1.807, 2.05) is 4.90 Å². The van der Waals surface area contributed by atoms with Gasteiger partial charge in [-0.2, -0.15) is 0 Å². The fourth-order valence-corrected chi connectivity index (χ4v) is 2.58. The van der Waals surface area contributed by atoms with Crippen LogP contribution in [0.25, 0.3) is 0 Å². The Hall–Kier alpha value is -0.530. The van der Waals surface area contributed by atoms with Gasteiger partial charge in [-0.3, -0.25) is 4.79 Å². The first-order valence-electron chi connectivity index (χ1n) is 9.04. The van der Waals surface area contributed by atoms with E-state index in [9.17, 15) is 4.79 Å². The highest BCUT2D eigenvalue weighted by molar-refractivity contribution is 5.46. The second kappa shape index (κ2) is 16.5. The molecule has 0 aromatic carbocycles. The zero-order chi connectivity index (χ0) is 14.9. The van der Waals surface area contributed by atoms with Crippen molar-refractivity contribution in [2.45, 2.75) is 97.3 Å². The standard InChI is InChI=1S/C18H37NO/c1-3-5-7-9-11-13-15-17-19(18-20)16-14-12-10-8-6-4-2/h18H,3-17H2,1-2H3. The average Bonchev–Trinajstić information content (AvgIpc) is 2.47. The monoisotopic (exact) mass is 283 g/mol. The van der Waals surface area contributed by atoms with E-state index in [0.29, 0.717) is 0 Å². The summed E-state index contributed by atoms with van der Waals surface area (Å²) in [7, 11) is 0. The quantitative estimate of drug-likeness (QED) is 0.268. The molecule has 0 aliphatic carbocycles. The molecule has 0 fully saturated rings. The highest BCUT2D eigenvalue weighted by Crippen LogP contribution is 2.08. The number of rotatable bonds is 16. The highest BCUT2D eigenvalue weighted by Gasteiger charge is 2.01. The van der Waals surface area contributed by atoms with Crippen LogP contribution in [0.2, 0.25) is 0 Å². The van der Waals surface area contributed by atoms with E-state index in [0.717, 1.165) is 19.5 Å². The van der Waals surface area contributed by atoms with Crippen LogP contribution in [0, 0.1) is 0 Å². The van der Waals surface area contributed by atoms with E-state index in [1.54, 1.807) is 0 Å². The largest absolute Gasteiger partial charge is 0.345 e. The second-order valence-corrected chi connectivity index (χ2v) is 6.03.